The van der Waals surface area contributed by atoms with E-state index in [1.165, 1.54) is 24.1 Å². The predicted molar refractivity (Wildman–Crippen MR) is 118 cm³/mol. The van der Waals surface area contributed by atoms with Gasteiger partial charge < -0.3 is 24.8 Å². The van der Waals surface area contributed by atoms with E-state index in [-0.39, 0.29) is 30.7 Å². The summed E-state index contributed by atoms with van der Waals surface area (Å²) in [5.74, 6) is -0.0861. The summed E-state index contributed by atoms with van der Waals surface area (Å²) in [7, 11) is 0. The first-order chi connectivity index (χ1) is 15.0. The standard InChI is InChI=1S/C23H29ClN4O3/c24-15-1-2-19-17(11-15)23(6-7-23)14-28(19)16-3-8-26(9-4-16)22(30)27-10-5-20-18(12-27)25-21(29)13-31-20/h1-2,11,16,18,20H,3-10,12-14H2,(H,25,29). The molecule has 0 bridgehead atoms. The molecule has 4 aliphatic heterocycles. The van der Waals surface area contributed by atoms with E-state index in [9.17, 15) is 9.59 Å². The summed E-state index contributed by atoms with van der Waals surface area (Å²) in [5.41, 5.74) is 3.10. The Balaban J connectivity index is 1.09. The van der Waals surface area contributed by atoms with Crippen molar-refractivity contribution in [1.82, 2.24) is 15.1 Å². The van der Waals surface area contributed by atoms with Crippen LogP contribution in [0.1, 0.15) is 37.7 Å². The number of benzene rings is 1. The molecule has 2 atom stereocenters. The van der Waals surface area contributed by atoms with Crippen LogP contribution in [-0.4, -0.2) is 79.3 Å². The smallest absolute Gasteiger partial charge is 0.320 e. The molecule has 1 aromatic rings. The third-order valence-corrected chi connectivity index (χ3v) is 8.17. The number of likely N-dealkylation sites (tertiary alicyclic amines) is 2. The summed E-state index contributed by atoms with van der Waals surface area (Å²) in [6.07, 6.45) is 5.30. The van der Waals surface area contributed by atoms with Gasteiger partial charge >= 0.3 is 6.03 Å². The van der Waals surface area contributed by atoms with Crippen LogP contribution in [-0.2, 0) is 14.9 Å². The molecule has 0 radical (unpaired) electrons. The van der Waals surface area contributed by atoms with Gasteiger partial charge in [0.2, 0.25) is 5.91 Å². The lowest BCUT2D eigenvalue weighted by atomic mass is 9.99. The number of halogens is 1. The highest BCUT2D eigenvalue weighted by Gasteiger charge is 2.53. The fourth-order valence-corrected chi connectivity index (χ4v) is 6.20. The third kappa shape index (κ3) is 3.37. The largest absolute Gasteiger partial charge is 0.367 e. The molecule has 0 aromatic heterocycles. The highest BCUT2D eigenvalue weighted by Crippen LogP contribution is 2.57. The van der Waals surface area contributed by atoms with E-state index in [2.05, 4.69) is 22.3 Å². The number of ether oxygens (including phenoxy) is 1. The lowest BCUT2D eigenvalue weighted by molar-refractivity contribution is -0.139. The summed E-state index contributed by atoms with van der Waals surface area (Å²) < 4.78 is 5.62. The topological polar surface area (TPSA) is 65.1 Å². The monoisotopic (exact) mass is 444 g/mol. The number of rotatable bonds is 1. The van der Waals surface area contributed by atoms with Gasteiger partial charge in [0.15, 0.2) is 0 Å². The van der Waals surface area contributed by atoms with Crippen molar-refractivity contribution in [1.29, 1.82) is 0 Å². The molecule has 1 aliphatic carbocycles. The minimum absolute atomic E-state index is 0.0333. The van der Waals surface area contributed by atoms with Crippen molar-refractivity contribution < 1.29 is 14.3 Å². The van der Waals surface area contributed by atoms with Crippen LogP contribution in [0.15, 0.2) is 18.2 Å². The number of nitrogens with zero attached hydrogens (tertiary/aromatic N) is 3. The van der Waals surface area contributed by atoms with Crippen molar-refractivity contribution in [3.05, 3.63) is 28.8 Å². The van der Waals surface area contributed by atoms with Gasteiger partial charge in [-0.25, -0.2) is 4.79 Å². The van der Waals surface area contributed by atoms with Gasteiger partial charge in [0, 0.05) is 54.9 Å². The second-order valence-electron chi connectivity index (χ2n) is 9.83. The van der Waals surface area contributed by atoms with Crippen molar-refractivity contribution in [2.75, 3.05) is 44.2 Å². The predicted octanol–water partition coefficient (Wildman–Crippen LogP) is 2.37. The average molecular weight is 445 g/mol. The zero-order valence-corrected chi connectivity index (χ0v) is 18.4. The number of piperidine rings is 2. The number of hydrogen-bond acceptors (Lipinski definition) is 4. The summed E-state index contributed by atoms with van der Waals surface area (Å²) in [4.78, 5) is 31.3. The maximum absolute atomic E-state index is 13.2. The molecule has 1 spiro atoms. The van der Waals surface area contributed by atoms with Crippen LogP contribution >= 0.6 is 11.6 Å². The first-order valence-electron chi connectivity index (χ1n) is 11.5. The molecule has 6 rings (SSSR count). The molecule has 8 heteroatoms. The maximum atomic E-state index is 13.2. The van der Waals surface area contributed by atoms with Crippen molar-refractivity contribution in [3.63, 3.8) is 0 Å². The van der Waals surface area contributed by atoms with Crippen LogP contribution in [0.5, 0.6) is 0 Å². The zero-order valence-electron chi connectivity index (χ0n) is 17.7. The van der Waals surface area contributed by atoms with E-state index >= 15 is 0 Å². The fraction of sp³-hybridized carbons (Fsp3) is 0.652. The van der Waals surface area contributed by atoms with Gasteiger partial charge in [-0.15, -0.1) is 0 Å². The van der Waals surface area contributed by atoms with E-state index in [1.807, 2.05) is 15.9 Å². The van der Waals surface area contributed by atoms with Crippen LogP contribution in [0.2, 0.25) is 5.02 Å². The number of carbonyl (C=O) groups is 2. The number of hydrogen-bond donors (Lipinski definition) is 1. The molecule has 5 aliphatic rings. The lowest BCUT2D eigenvalue weighted by Crippen LogP contribution is -2.62. The molecule has 2 unspecified atom stereocenters. The molecule has 4 heterocycles. The Morgan fingerprint density at radius 1 is 1.13 bits per heavy atom. The number of fused-ring (bicyclic) bond motifs is 3. The van der Waals surface area contributed by atoms with Gasteiger partial charge in [-0.05, 0) is 55.9 Å². The minimum atomic E-state index is -0.0861. The van der Waals surface area contributed by atoms with Crippen LogP contribution < -0.4 is 10.2 Å². The highest BCUT2D eigenvalue weighted by atomic mass is 35.5. The molecule has 4 fully saturated rings. The Kier molecular flexibility index (Phi) is 4.62. The molecule has 1 N–H and O–H groups in total. The van der Waals surface area contributed by atoms with Gasteiger partial charge in [0.1, 0.15) is 6.61 Å². The van der Waals surface area contributed by atoms with Gasteiger partial charge in [-0.3, -0.25) is 4.79 Å². The lowest BCUT2D eigenvalue weighted by Gasteiger charge is -2.44. The van der Waals surface area contributed by atoms with Crippen molar-refractivity contribution in [2.45, 2.75) is 55.7 Å². The Labute approximate surface area is 187 Å². The molecular formula is C23H29ClN4O3. The second-order valence-corrected chi connectivity index (χ2v) is 10.3. The fourth-order valence-electron chi connectivity index (χ4n) is 6.03. The van der Waals surface area contributed by atoms with E-state index in [0.717, 1.165) is 43.9 Å². The van der Waals surface area contributed by atoms with E-state index < -0.39 is 0 Å². The summed E-state index contributed by atoms with van der Waals surface area (Å²) in [6, 6.07) is 6.85. The molecule has 3 amide bonds. The molecule has 7 nitrogen and oxygen atoms in total. The highest BCUT2D eigenvalue weighted by molar-refractivity contribution is 6.30. The van der Waals surface area contributed by atoms with Gasteiger partial charge in [-0.2, -0.15) is 0 Å². The first-order valence-corrected chi connectivity index (χ1v) is 11.9. The second kappa shape index (κ2) is 7.27. The SMILES string of the molecule is O=C1COC2CCN(C(=O)N3CCC(N4CC5(CC5)c5cc(Cl)ccc54)CC3)CC2N1. The van der Waals surface area contributed by atoms with Crippen molar-refractivity contribution in [3.8, 4) is 0 Å². The minimum Gasteiger partial charge on any atom is -0.367 e. The molecule has 31 heavy (non-hydrogen) atoms. The number of nitrogens with one attached hydrogen (secondary N) is 1. The number of morpholine rings is 1. The van der Waals surface area contributed by atoms with Crippen LogP contribution in [0, 0.1) is 0 Å². The van der Waals surface area contributed by atoms with Gasteiger partial charge in [0.25, 0.3) is 0 Å². The Morgan fingerprint density at radius 3 is 2.68 bits per heavy atom. The van der Waals surface area contributed by atoms with Crippen molar-refractivity contribution in [2.24, 2.45) is 0 Å². The van der Waals surface area contributed by atoms with Crippen LogP contribution in [0.25, 0.3) is 0 Å². The van der Waals surface area contributed by atoms with E-state index in [0.29, 0.717) is 24.5 Å². The van der Waals surface area contributed by atoms with Crippen LogP contribution in [0.3, 0.4) is 0 Å². The third-order valence-electron chi connectivity index (χ3n) is 7.94. The first kappa shape index (κ1) is 19.7. The molecular weight excluding hydrogens is 416 g/mol. The molecule has 1 aromatic carbocycles. The van der Waals surface area contributed by atoms with Crippen LogP contribution in [0.4, 0.5) is 10.5 Å². The number of carbonyl (C=O) groups excluding carboxylic acids is 2. The molecule has 166 valence electrons. The normalized spacial score (nSPS) is 29.6. The Bertz CT molecular complexity index is 912. The van der Waals surface area contributed by atoms with E-state index in [4.69, 9.17) is 16.3 Å². The number of amides is 3. The maximum Gasteiger partial charge on any atom is 0.320 e. The van der Waals surface area contributed by atoms with Gasteiger partial charge in [-0.1, -0.05) is 11.6 Å². The molecule has 1 saturated carbocycles. The van der Waals surface area contributed by atoms with E-state index in [1.54, 1.807) is 0 Å². The summed E-state index contributed by atoms with van der Waals surface area (Å²) >= 11 is 6.29. The Morgan fingerprint density at radius 2 is 1.90 bits per heavy atom. The molecule has 3 saturated heterocycles. The zero-order chi connectivity index (χ0) is 21.2. The van der Waals surface area contributed by atoms with Crippen molar-refractivity contribution >= 4 is 29.2 Å². The Hall–Kier alpha value is -1.99. The number of urea groups is 1. The van der Waals surface area contributed by atoms with Gasteiger partial charge in [0.05, 0.1) is 12.1 Å². The number of anilines is 1. The average Bonchev–Trinajstić information content (AvgIpc) is 3.50. The quantitative estimate of drug-likeness (QED) is 0.722. The summed E-state index contributed by atoms with van der Waals surface area (Å²) in [6.45, 7) is 4.02. The summed E-state index contributed by atoms with van der Waals surface area (Å²) in [5, 5.41) is 3.81.